The molecule has 2 aliphatic rings. The van der Waals surface area contributed by atoms with Gasteiger partial charge in [-0.1, -0.05) is 29.4 Å². The van der Waals surface area contributed by atoms with Gasteiger partial charge in [0.15, 0.2) is 17.3 Å². The number of aromatic hydroxyl groups is 2. The van der Waals surface area contributed by atoms with E-state index in [1.54, 1.807) is 30.3 Å². The summed E-state index contributed by atoms with van der Waals surface area (Å²) in [5, 5.41) is 27.9. The van der Waals surface area contributed by atoms with E-state index in [1.807, 2.05) is 26.0 Å². The number of aryl methyl sites for hydroxylation is 1. The number of fused-ring (bicyclic) bond motifs is 1. The summed E-state index contributed by atoms with van der Waals surface area (Å²) in [6.07, 6.45) is 0.857. The Labute approximate surface area is 185 Å². The van der Waals surface area contributed by atoms with Gasteiger partial charge in [0.1, 0.15) is 5.75 Å². The topological polar surface area (TPSA) is 105 Å². The zero-order valence-electron chi connectivity index (χ0n) is 17.9. The number of hydrogen-bond acceptors (Lipinski definition) is 7. The Hall–Kier alpha value is -3.74. The third kappa shape index (κ3) is 3.21. The Morgan fingerprint density at radius 3 is 2.75 bits per heavy atom. The first-order chi connectivity index (χ1) is 15.5. The highest BCUT2D eigenvalue weighted by Crippen LogP contribution is 2.50. The van der Waals surface area contributed by atoms with E-state index in [1.165, 1.54) is 0 Å². The number of phenolic OH excluding ortho intramolecular Hbond substituents is 2. The van der Waals surface area contributed by atoms with Gasteiger partial charge in [0.2, 0.25) is 5.88 Å². The maximum Gasteiger partial charge on any atom is 0.233 e. The Morgan fingerprint density at radius 1 is 1.16 bits per heavy atom. The van der Waals surface area contributed by atoms with Crippen molar-refractivity contribution in [3.05, 3.63) is 76.1 Å². The average Bonchev–Trinajstić information content (AvgIpc) is 3.14. The van der Waals surface area contributed by atoms with Crippen molar-refractivity contribution < 1.29 is 24.3 Å². The number of benzene rings is 2. The summed E-state index contributed by atoms with van der Waals surface area (Å²) in [6.45, 7) is 4.11. The molecule has 164 valence electrons. The van der Waals surface area contributed by atoms with E-state index in [2.05, 4.69) is 10.5 Å². The van der Waals surface area contributed by atoms with Crippen molar-refractivity contribution in [1.82, 2.24) is 5.16 Å². The average molecular weight is 432 g/mol. The standard InChI is InChI=1S/C25H24N2O5/c1-3-31-21-12-14(8-9-19(21)29)23-22-13(2)27-32-25(22)26-17-10-15(11-20(30)24(17)23)16-6-4-5-7-18(16)28/h4-9,12,15,23,26,28-29H,3,10-11H2,1-2H3/t15-,23-/m0/s1. The molecule has 3 N–H and O–H groups in total. The molecule has 3 aromatic rings. The lowest BCUT2D eigenvalue weighted by molar-refractivity contribution is -0.116. The fourth-order valence-electron chi connectivity index (χ4n) is 4.84. The van der Waals surface area contributed by atoms with Gasteiger partial charge in [0, 0.05) is 29.5 Å². The second kappa shape index (κ2) is 7.75. The number of anilines is 1. The summed E-state index contributed by atoms with van der Waals surface area (Å²) in [6, 6.07) is 12.3. The van der Waals surface area contributed by atoms with Gasteiger partial charge in [0.25, 0.3) is 0 Å². The van der Waals surface area contributed by atoms with Crippen molar-refractivity contribution in [3.8, 4) is 17.2 Å². The molecule has 1 aliphatic carbocycles. The molecule has 0 unspecified atom stereocenters. The van der Waals surface area contributed by atoms with Gasteiger partial charge < -0.3 is 24.8 Å². The lowest BCUT2D eigenvalue weighted by Crippen LogP contribution is -2.29. The van der Waals surface area contributed by atoms with Crippen molar-refractivity contribution >= 4 is 11.7 Å². The number of rotatable bonds is 4. The highest BCUT2D eigenvalue weighted by Gasteiger charge is 2.41. The number of phenols is 2. The van der Waals surface area contributed by atoms with E-state index in [-0.39, 0.29) is 29.1 Å². The van der Waals surface area contributed by atoms with E-state index in [4.69, 9.17) is 9.26 Å². The van der Waals surface area contributed by atoms with Crippen LogP contribution < -0.4 is 10.1 Å². The van der Waals surface area contributed by atoms with Crippen LogP contribution in [0.3, 0.4) is 0 Å². The lowest BCUT2D eigenvalue weighted by atomic mass is 9.72. The van der Waals surface area contributed by atoms with Gasteiger partial charge in [-0.2, -0.15) is 0 Å². The van der Waals surface area contributed by atoms with E-state index in [0.29, 0.717) is 42.3 Å². The van der Waals surface area contributed by atoms with Crippen molar-refractivity contribution in [2.45, 2.75) is 38.5 Å². The fourth-order valence-corrected chi connectivity index (χ4v) is 4.84. The molecule has 0 bridgehead atoms. The van der Waals surface area contributed by atoms with Gasteiger partial charge in [-0.15, -0.1) is 0 Å². The van der Waals surface area contributed by atoms with Crippen molar-refractivity contribution in [2.24, 2.45) is 0 Å². The molecule has 0 saturated carbocycles. The Balaban J connectivity index is 1.63. The van der Waals surface area contributed by atoms with Crippen LogP contribution in [-0.2, 0) is 4.79 Å². The number of nitrogens with one attached hydrogen (secondary N) is 1. The van der Waals surface area contributed by atoms with Crippen LogP contribution in [0, 0.1) is 6.92 Å². The normalized spacial score (nSPS) is 19.9. The fraction of sp³-hybridized carbons (Fsp3) is 0.280. The largest absolute Gasteiger partial charge is 0.508 e. The lowest BCUT2D eigenvalue weighted by Gasteiger charge is -2.34. The summed E-state index contributed by atoms with van der Waals surface area (Å²) in [5.41, 5.74) is 4.53. The Morgan fingerprint density at radius 2 is 1.97 bits per heavy atom. The molecule has 0 radical (unpaired) electrons. The minimum Gasteiger partial charge on any atom is -0.508 e. The zero-order valence-corrected chi connectivity index (χ0v) is 17.9. The summed E-state index contributed by atoms with van der Waals surface area (Å²) in [5.74, 6) is 0.618. The molecule has 0 saturated heterocycles. The van der Waals surface area contributed by atoms with Gasteiger partial charge in [0.05, 0.1) is 17.9 Å². The van der Waals surface area contributed by atoms with Crippen molar-refractivity contribution in [1.29, 1.82) is 0 Å². The number of Topliss-reactive ketones (excluding diaryl/α,β-unsaturated/α-hetero) is 1. The van der Waals surface area contributed by atoms with Gasteiger partial charge in [-0.25, -0.2) is 0 Å². The number of carbonyl (C=O) groups excluding carboxylic acids is 1. The van der Waals surface area contributed by atoms with Crippen LogP contribution in [0.25, 0.3) is 0 Å². The van der Waals surface area contributed by atoms with Crippen LogP contribution in [0.15, 0.2) is 58.3 Å². The number of ether oxygens (including phenoxy) is 1. The Kier molecular flexibility index (Phi) is 4.89. The number of aromatic nitrogens is 1. The van der Waals surface area contributed by atoms with Crippen LogP contribution >= 0.6 is 0 Å². The molecular weight excluding hydrogens is 408 g/mol. The molecule has 2 heterocycles. The van der Waals surface area contributed by atoms with Crippen molar-refractivity contribution in [2.75, 3.05) is 11.9 Å². The van der Waals surface area contributed by atoms with E-state index in [9.17, 15) is 15.0 Å². The van der Waals surface area contributed by atoms with Gasteiger partial charge in [-0.3, -0.25) is 4.79 Å². The maximum atomic E-state index is 13.5. The van der Waals surface area contributed by atoms with Crippen LogP contribution in [0.2, 0.25) is 0 Å². The quantitative estimate of drug-likeness (QED) is 0.546. The number of para-hydroxylation sites is 1. The summed E-state index contributed by atoms with van der Waals surface area (Å²) >= 11 is 0. The van der Waals surface area contributed by atoms with E-state index >= 15 is 0 Å². The van der Waals surface area contributed by atoms with Gasteiger partial charge in [-0.05, 0) is 49.6 Å². The first-order valence-corrected chi connectivity index (χ1v) is 10.7. The minimum atomic E-state index is -0.384. The number of nitrogens with zero attached hydrogens (tertiary/aromatic N) is 1. The number of ketones is 1. The van der Waals surface area contributed by atoms with Crippen LogP contribution in [0.5, 0.6) is 17.2 Å². The molecule has 32 heavy (non-hydrogen) atoms. The first kappa shape index (κ1) is 20.2. The molecule has 5 rings (SSSR count). The monoisotopic (exact) mass is 432 g/mol. The first-order valence-electron chi connectivity index (χ1n) is 10.7. The Bertz CT molecular complexity index is 1240. The smallest absolute Gasteiger partial charge is 0.233 e. The van der Waals surface area contributed by atoms with Crippen molar-refractivity contribution in [3.63, 3.8) is 0 Å². The predicted octanol–water partition coefficient (Wildman–Crippen LogP) is 4.75. The molecule has 2 aromatic carbocycles. The molecule has 1 aromatic heterocycles. The molecule has 0 amide bonds. The number of carbonyl (C=O) groups is 1. The molecule has 1 aliphatic heterocycles. The molecule has 7 nitrogen and oxygen atoms in total. The second-order valence-corrected chi connectivity index (χ2v) is 8.21. The summed E-state index contributed by atoms with van der Waals surface area (Å²) < 4.78 is 11.1. The number of hydrogen-bond donors (Lipinski definition) is 3. The SMILES string of the molecule is CCOc1cc([C@@H]2C3=C(C[C@H](c4ccccc4O)CC3=O)Nc3onc(C)c32)ccc1O. The second-order valence-electron chi connectivity index (χ2n) is 8.21. The third-order valence-corrected chi connectivity index (χ3v) is 6.25. The zero-order chi connectivity index (χ0) is 22.4. The molecular formula is C25H24N2O5. The summed E-state index contributed by atoms with van der Waals surface area (Å²) in [7, 11) is 0. The van der Waals surface area contributed by atoms with E-state index in [0.717, 1.165) is 22.4 Å². The molecule has 0 spiro atoms. The van der Waals surface area contributed by atoms with Crippen LogP contribution in [0.4, 0.5) is 5.88 Å². The summed E-state index contributed by atoms with van der Waals surface area (Å²) in [4.78, 5) is 13.5. The maximum absolute atomic E-state index is 13.5. The predicted molar refractivity (Wildman–Crippen MR) is 118 cm³/mol. The molecule has 0 fully saturated rings. The molecule has 7 heteroatoms. The number of allylic oxidation sites excluding steroid dienone is 2. The van der Waals surface area contributed by atoms with Gasteiger partial charge >= 0.3 is 0 Å². The van der Waals surface area contributed by atoms with Crippen LogP contribution in [-0.4, -0.2) is 27.8 Å². The van der Waals surface area contributed by atoms with E-state index < -0.39 is 0 Å². The molecule has 2 atom stereocenters. The van der Waals surface area contributed by atoms with Crippen LogP contribution in [0.1, 0.15) is 54.0 Å². The highest BCUT2D eigenvalue weighted by atomic mass is 16.5. The third-order valence-electron chi connectivity index (χ3n) is 6.25. The minimum absolute atomic E-state index is 0.00860. The highest BCUT2D eigenvalue weighted by molar-refractivity contribution is 6.01.